The highest BCUT2D eigenvalue weighted by Crippen LogP contribution is 2.42. The standard InChI is InChI=1S/C22H24F5N5O4/c1-21(2,3)36-20(34)31-8-5-11(6-9-31)32-14(22(25,26)27)10-13(30-32)12-4-7-28-18-15(12)16(17(23)24)35-19(33)29-18/h4,7,10-11,16-17H,5-6,8-9H2,1-3H3,(H,28,29,33)/t16-/m1/s1. The number of fused-ring (bicyclic) bond motifs is 1. The second kappa shape index (κ2) is 9.21. The van der Waals surface area contributed by atoms with E-state index >= 15 is 0 Å². The van der Waals surface area contributed by atoms with Crippen LogP contribution in [0.25, 0.3) is 11.3 Å². The van der Waals surface area contributed by atoms with Gasteiger partial charge in [-0.05, 0) is 45.7 Å². The van der Waals surface area contributed by atoms with Gasteiger partial charge in [0.1, 0.15) is 17.1 Å². The number of nitrogens with one attached hydrogen (secondary N) is 1. The van der Waals surface area contributed by atoms with Crippen molar-refractivity contribution in [3.05, 3.63) is 29.6 Å². The van der Waals surface area contributed by atoms with Crippen molar-refractivity contribution in [3.63, 3.8) is 0 Å². The Morgan fingerprint density at radius 1 is 1.22 bits per heavy atom. The highest BCUT2D eigenvalue weighted by molar-refractivity contribution is 5.89. The molecule has 196 valence electrons. The van der Waals surface area contributed by atoms with E-state index in [1.165, 1.54) is 17.2 Å². The quantitative estimate of drug-likeness (QED) is 0.547. The number of halogens is 5. The number of ether oxygens (including phenoxy) is 2. The maximum absolute atomic E-state index is 14.0. The molecular formula is C22H24F5N5O4. The van der Waals surface area contributed by atoms with Gasteiger partial charge in [0.25, 0.3) is 6.43 Å². The summed E-state index contributed by atoms with van der Waals surface area (Å²) < 4.78 is 80.0. The molecule has 4 heterocycles. The monoisotopic (exact) mass is 517 g/mol. The molecule has 2 aliphatic heterocycles. The van der Waals surface area contributed by atoms with Crippen LogP contribution in [0.1, 0.15) is 57.0 Å². The zero-order valence-electron chi connectivity index (χ0n) is 19.6. The normalized spacial score (nSPS) is 19.1. The summed E-state index contributed by atoms with van der Waals surface area (Å²) in [5, 5.41) is 6.33. The summed E-state index contributed by atoms with van der Waals surface area (Å²) in [5.41, 5.74) is -2.32. The third-order valence-corrected chi connectivity index (χ3v) is 5.72. The summed E-state index contributed by atoms with van der Waals surface area (Å²) in [4.78, 5) is 29.2. The van der Waals surface area contributed by atoms with E-state index in [1.807, 2.05) is 0 Å². The number of aromatic nitrogens is 3. The number of likely N-dealkylation sites (tertiary alicyclic amines) is 1. The third-order valence-electron chi connectivity index (χ3n) is 5.72. The molecule has 2 aromatic heterocycles. The van der Waals surface area contributed by atoms with Crippen molar-refractivity contribution < 1.29 is 41.0 Å². The Kier molecular flexibility index (Phi) is 6.56. The molecule has 1 atom stereocenters. The Morgan fingerprint density at radius 3 is 2.47 bits per heavy atom. The van der Waals surface area contributed by atoms with Crippen LogP contribution in [0.5, 0.6) is 0 Å². The molecule has 0 aliphatic carbocycles. The third kappa shape index (κ3) is 5.21. The van der Waals surface area contributed by atoms with Crippen molar-refractivity contribution in [1.82, 2.24) is 19.7 Å². The van der Waals surface area contributed by atoms with Crippen molar-refractivity contribution >= 4 is 18.0 Å². The molecule has 0 spiro atoms. The van der Waals surface area contributed by atoms with Crippen LogP contribution in [0, 0.1) is 0 Å². The van der Waals surface area contributed by atoms with Crippen LogP contribution >= 0.6 is 0 Å². The van der Waals surface area contributed by atoms with Gasteiger partial charge < -0.3 is 14.4 Å². The molecule has 1 saturated heterocycles. The van der Waals surface area contributed by atoms with E-state index in [2.05, 4.69) is 20.1 Å². The van der Waals surface area contributed by atoms with Crippen LogP contribution in [0.4, 0.5) is 37.4 Å². The second-order valence-electron chi connectivity index (χ2n) is 9.46. The topological polar surface area (TPSA) is 98.6 Å². The predicted octanol–water partition coefficient (Wildman–Crippen LogP) is 5.40. The Bertz CT molecular complexity index is 1150. The lowest BCUT2D eigenvalue weighted by Crippen LogP contribution is -2.42. The summed E-state index contributed by atoms with van der Waals surface area (Å²) in [6.45, 7) is 5.45. The first-order chi connectivity index (χ1) is 16.7. The van der Waals surface area contributed by atoms with Crippen LogP contribution in [0.15, 0.2) is 18.3 Å². The maximum atomic E-state index is 14.0. The maximum Gasteiger partial charge on any atom is 0.433 e. The number of hydrogen-bond donors (Lipinski definition) is 1. The minimum absolute atomic E-state index is 0.0688. The van der Waals surface area contributed by atoms with Gasteiger partial charge in [0.05, 0.1) is 17.3 Å². The highest BCUT2D eigenvalue weighted by Gasteiger charge is 2.41. The van der Waals surface area contributed by atoms with E-state index in [9.17, 15) is 31.5 Å². The molecule has 2 aromatic rings. The number of amides is 2. The molecule has 2 amide bonds. The van der Waals surface area contributed by atoms with Gasteiger partial charge in [0, 0.05) is 24.8 Å². The van der Waals surface area contributed by atoms with Gasteiger partial charge in [0.2, 0.25) is 0 Å². The second-order valence-corrected chi connectivity index (χ2v) is 9.46. The smallest absolute Gasteiger partial charge is 0.433 e. The lowest BCUT2D eigenvalue weighted by molar-refractivity contribution is -0.145. The lowest BCUT2D eigenvalue weighted by Gasteiger charge is -2.34. The van der Waals surface area contributed by atoms with E-state index in [0.29, 0.717) is 0 Å². The molecule has 0 unspecified atom stereocenters. The zero-order chi connectivity index (χ0) is 26.4. The number of rotatable bonds is 3. The molecule has 4 rings (SSSR count). The van der Waals surface area contributed by atoms with Gasteiger partial charge in [-0.1, -0.05) is 0 Å². The minimum atomic E-state index is -4.78. The Hall–Kier alpha value is -3.45. The molecule has 0 saturated carbocycles. The lowest BCUT2D eigenvalue weighted by atomic mass is 10.00. The van der Waals surface area contributed by atoms with Crippen molar-refractivity contribution in [3.8, 4) is 11.3 Å². The summed E-state index contributed by atoms with van der Waals surface area (Å²) >= 11 is 0. The molecule has 0 bridgehead atoms. The van der Waals surface area contributed by atoms with Gasteiger partial charge in [-0.25, -0.2) is 23.4 Å². The van der Waals surface area contributed by atoms with Crippen molar-refractivity contribution in [1.29, 1.82) is 0 Å². The van der Waals surface area contributed by atoms with Crippen molar-refractivity contribution in [2.75, 3.05) is 18.4 Å². The SMILES string of the molecule is CC(C)(C)OC(=O)N1CCC(n2nc(-c3ccnc4c3[C@H](C(F)F)OC(=O)N4)cc2C(F)(F)F)CC1. The van der Waals surface area contributed by atoms with Crippen LogP contribution in [-0.4, -0.2) is 57.0 Å². The van der Waals surface area contributed by atoms with E-state index < -0.39 is 48.2 Å². The van der Waals surface area contributed by atoms with Gasteiger partial charge in [-0.15, -0.1) is 0 Å². The van der Waals surface area contributed by atoms with Crippen LogP contribution < -0.4 is 5.32 Å². The van der Waals surface area contributed by atoms with Crippen molar-refractivity contribution in [2.24, 2.45) is 0 Å². The predicted molar refractivity (Wildman–Crippen MR) is 115 cm³/mol. The molecule has 1 fully saturated rings. The number of cyclic esters (lactones) is 1. The minimum Gasteiger partial charge on any atom is -0.444 e. The fourth-order valence-corrected chi connectivity index (χ4v) is 4.20. The highest BCUT2D eigenvalue weighted by atomic mass is 19.4. The molecule has 1 N–H and O–H groups in total. The fraction of sp³-hybridized carbons (Fsp3) is 0.545. The Labute approximate surface area is 202 Å². The number of carbonyl (C=O) groups excluding carboxylic acids is 2. The van der Waals surface area contributed by atoms with Crippen molar-refractivity contribution in [2.45, 2.75) is 64.0 Å². The number of hydrogen-bond acceptors (Lipinski definition) is 6. The Morgan fingerprint density at radius 2 is 1.89 bits per heavy atom. The molecule has 0 aromatic carbocycles. The van der Waals surface area contributed by atoms with E-state index in [1.54, 1.807) is 20.8 Å². The van der Waals surface area contributed by atoms with E-state index in [0.717, 1.165) is 10.7 Å². The van der Waals surface area contributed by atoms with Gasteiger partial charge in [0.15, 0.2) is 6.10 Å². The number of alkyl halides is 5. The fourth-order valence-electron chi connectivity index (χ4n) is 4.20. The largest absolute Gasteiger partial charge is 0.444 e. The number of piperidine rings is 1. The van der Waals surface area contributed by atoms with Gasteiger partial charge in [-0.2, -0.15) is 18.3 Å². The summed E-state index contributed by atoms with van der Waals surface area (Å²) in [6, 6.07) is 1.32. The first-order valence-corrected chi connectivity index (χ1v) is 11.1. The molecule has 2 aliphatic rings. The molecular weight excluding hydrogens is 493 g/mol. The van der Waals surface area contributed by atoms with Gasteiger partial charge in [-0.3, -0.25) is 10.00 Å². The average Bonchev–Trinajstić information content (AvgIpc) is 3.23. The number of carbonyl (C=O) groups is 2. The summed E-state index contributed by atoms with van der Waals surface area (Å²) in [6.07, 6.45) is -10.1. The average molecular weight is 517 g/mol. The number of pyridine rings is 1. The summed E-state index contributed by atoms with van der Waals surface area (Å²) in [5.74, 6) is -0.233. The zero-order valence-corrected chi connectivity index (χ0v) is 19.6. The van der Waals surface area contributed by atoms with Crippen LogP contribution in [0.3, 0.4) is 0 Å². The van der Waals surface area contributed by atoms with Gasteiger partial charge >= 0.3 is 18.4 Å². The molecule has 14 heteroatoms. The number of anilines is 1. The molecule has 36 heavy (non-hydrogen) atoms. The molecule has 9 nitrogen and oxygen atoms in total. The van der Waals surface area contributed by atoms with Crippen LogP contribution in [-0.2, 0) is 15.7 Å². The van der Waals surface area contributed by atoms with E-state index in [-0.39, 0.29) is 48.6 Å². The molecule has 0 radical (unpaired) electrons. The number of nitrogens with zero attached hydrogens (tertiary/aromatic N) is 4. The van der Waals surface area contributed by atoms with E-state index in [4.69, 9.17) is 4.74 Å². The first-order valence-electron chi connectivity index (χ1n) is 11.1. The summed E-state index contributed by atoms with van der Waals surface area (Å²) in [7, 11) is 0. The van der Waals surface area contributed by atoms with Crippen LogP contribution in [0.2, 0.25) is 0 Å². The first kappa shape index (κ1) is 25.6. The Balaban J connectivity index is 1.67.